The van der Waals surface area contributed by atoms with E-state index in [1.54, 1.807) is 0 Å². The maximum atomic E-state index is 11.5. The van der Waals surface area contributed by atoms with E-state index in [1.165, 1.54) is 23.0 Å². The van der Waals surface area contributed by atoms with E-state index in [0.717, 1.165) is 0 Å². The second-order valence-electron chi connectivity index (χ2n) is 0.888. The zero-order valence-corrected chi connectivity index (χ0v) is 5.55. The molecule has 0 rings (SSSR count). The van der Waals surface area contributed by atoms with Crippen molar-refractivity contribution in [2.75, 3.05) is 0 Å². The zero-order chi connectivity index (χ0) is 5.86. The minimum atomic E-state index is -1.47. The molecule has 0 radical (unpaired) electrons. The van der Waals surface area contributed by atoms with Crippen LogP contribution in [0, 0.1) is 0 Å². The first-order valence-corrected chi connectivity index (χ1v) is 2.36. The normalized spacial score (nSPS) is 13.6. The lowest BCUT2D eigenvalue weighted by molar-refractivity contribution is 0.0333. The van der Waals surface area contributed by atoms with E-state index in [1.807, 2.05) is 0 Å². The van der Waals surface area contributed by atoms with Crippen LogP contribution in [0.2, 0.25) is 0 Å². The van der Waals surface area contributed by atoms with E-state index in [-0.39, 0.29) is 0 Å². The molecule has 0 amide bonds. The first-order chi connectivity index (χ1) is 3.18. The van der Waals surface area contributed by atoms with Crippen molar-refractivity contribution in [3.8, 4) is 0 Å². The van der Waals surface area contributed by atoms with E-state index in [0.29, 0.717) is 0 Å². The molecule has 1 N–H and O–H groups in total. The molecule has 2 nitrogen and oxygen atoms in total. The Morgan fingerprint density at radius 1 is 2.00 bits per heavy atom. The summed E-state index contributed by atoms with van der Waals surface area (Å²) in [5.41, 5.74) is 0. The number of hydrogen-bond donors (Lipinski definition) is 1. The summed E-state index contributed by atoms with van der Waals surface area (Å²) in [7, 11) is 0. The molecular weight excluding hydrogens is 214 g/mol. The summed E-state index contributed by atoms with van der Waals surface area (Å²) in [5.74, 6) is -0.880. The van der Waals surface area contributed by atoms with Crippen LogP contribution in [0.5, 0.6) is 0 Å². The van der Waals surface area contributed by atoms with Gasteiger partial charge in [-0.05, 0) is 0 Å². The Morgan fingerprint density at radius 2 is 2.43 bits per heavy atom. The lowest BCUT2D eigenvalue weighted by atomic mass is 10.6. The van der Waals surface area contributed by atoms with Crippen molar-refractivity contribution in [1.29, 1.82) is 0 Å². The third-order valence-electron chi connectivity index (χ3n) is 0.352. The molecule has 0 aromatic heterocycles. The number of hydrogen-bond acceptors (Lipinski definition) is 2. The van der Waals surface area contributed by atoms with Crippen molar-refractivity contribution in [3.05, 3.63) is 12.4 Å². The Hall–Kier alpha value is 0.320. The molecule has 0 fully saturated rings. The van der Waals surface area contributed by atoms with Crippen LogP contribution in [0.25, 0.3) is 0 Å². The van der Waals surface area contributed by atoms with Crippen molar-refractivity contribution in [2.45, 2.75) is 6.29 Å². The first kappa shape index (κ1) is 7.32. The van der Waals surface area contributed by atoms with Gasteiger partial charge in [0.1, 0.15) is 28.8 Å². The Balaban J connectivity index is 3.34. The number of aliphatic hydroxyl groups is 1. The van der Waals surface area contributed by atoms with Crippen molar-refractivity contribution < 1.29 is 12.6 Å². The molecule has 0 aromatic rings. The topological polar surface area (TPSA) is 29.5 Å². The summed E-state index contributed by atoms with van der Waals surface area (Å²) in [4.78, 5) is 0. The average Bonchev–Trinajstić information content (AvgIpc) is 1.65. The molecule has 1 atom stereocenters. The quantitative estimate of drug-likeness (QED) is 0.556. The molecule has 0 saturated heterocycles. The highest BCUT2D eigenvalue weighted by Crippen LogP contribution is 2.04. The standard InChI is InChI=1S/C3H4FIO2/c1-2(4)3(6)7-5/h3,6H,1H2. The number of halogens is 2. The summed E-state index contributed by atoms with van der Waals surface area (Å²) < 4.78 is 15.6. The fraction of sp³-hybridized carbons (Fsp3) is 0.333. The Morgan fingerprint density at radius 3 is 2.43 bits per heavy atom. The predicted molar refractivity (Wildman–Crippen MR) is 31.4 cm³/mol. The largest absolute Gasteiger partial charge is 0.362 e. The van der Waals surface area contributed by atoms with Crippen molar-refractivity contribution in [3.63, 3.8) is 0 Å². The Labute approximate surface area is 54.7 Å². The molecule has 0 aliphatic rings. The van der Waals surface area contributed by atoms with Gasteiger partial charge in [-0.25, -0.2) is 4.39 Å². The molecule has 4 heteroatoms. The van der Waals surface area contributed by atoms with Gasteiger partial charge >= 0.3 is 0 Å². The number of rotatable bonds is 2. The molecule has 7 heavy (non-hydrogen) atoms. The molecule has 1 unspecified atom stereocenters. The van der Waals surface area contributed by atoms with E-state index < -0.39 is 12.1 Å². The van der Waals surface area contributed by atoms with Gasteiger partial charge in [-0.2, -0.15) is 0 Å². The average molecular weight is 218 g/mol. The van der Waals surface area contributed by atoms with Crippen LogP contribution < -0.4 is 0 Å². The summed E-state index contributed by atoms with van der Waals surface area (Å²) in [6, 6.07) is 0. The van der Waals surface area contributed by atoms with Gasteiger partial charge in [-0.15, -0.1) is 0 Å². The highest BCUT2D eigenvalue weighted by atomic mass is 127. The Kier molecular flexibility index (Phi) is 3.49. The van der Waals surface area contributed by atoms with Gasteiger partial charge < -0.3 is 5.11 Å². The van der Waals surface area contributed by atoms with Gasteiger partial charge in [0, 0.05) is 0 Å². The van der Waals surface area contributed by atoms with Crippen LogP contribution in [-0.4, -0.2) is 11.4 Å². The van der Waals surface area contributed by atoms with E-state index in [4.69, 9.17) is 5.11 Å². The minimum absolute atomic E-state index is 0.880. The van der Waals surface area contributed by atoms with E-state index in [2.05, 4.69) is 9.65 Å². The molecule has 0 spiro atoms. The smallest absolute Gasteiger partial charge is 0.218 e. The first-order valence-electron chi connectivity index (χ1n) is 1.48. The maximum Gasteiger partial charge on any atom is 0.218 e. The fourth-order valence-electron chi connectivity index (χ4n) is 0.0483. The van der Waals surface area contributed by atoms with Crippen molar-refractivity contribution in [2.24, 2.45) is 0 Å². The molecule has 0 heterocycles. The molecule has 0 aliphatic carbocycles. The van der Waals surface area contributed by atoms with Crippen molar-refractivity contribution >= 4 is 23.0 Å². The van der Waals surface area contributed by atoms with Gasteiger partial charge in [0.2, 0.25) is 6.29 Å². The van der Waals surface area contributed by atoms with E-state index >= 15 is 0 Å². The molecule has 0 saturated carbocycles. The highest BCUT2D eigenvalue weighted by Gasteiger charge is 2.03. The maximum absolute atomic E-state index is 11.5. The molecule has 42 valence electrons. The number of aliphatic hydroxyl groups excluding tert-OH is 1. The zero-order valence-electron chi connectivity index (χ0n) is 3.40. The SMILES string of the molecule is C=C(F)C(O)OI. The molecular formula is C3H4FIO2. The lowest BCUT2D eigenvalue weighted by Crippen LogP contribution is -2.03. The highest BCUT2D eigenvalue weighted by molar-refractivity contribution is 14.1. The van der Waals surface area contributed by atoms with Gasteiger partial charge in [0.05, 0.1) is 0 Å². The van der Waals surface area contributed by atoms with Gasteiger partial charge in [0.25, 0.3) is 0 Å². The second-order valence-corrected chi connectivity index (χ2v) is 1.40. The predicted octanol–water partition coefficient (Wildman–Crippen LogP) is 1.15. The second kappa shape index (κ2) is 3.34. The fourth-order valence-corrected chi connectivity index (χ4v) is 0.324. The van der Waals surface area contributed by atoms with Crippen LogP contribution in [0.3, 0.4) is 0 Å². The van der Waals surface area contributed by atoms with Crippen LogP contribution in [0.1, 0.15) is 0 Å². The van der Waals surface area contributed by atoms with Gasteiger partial charge in [0.15, 0.2) is 0 Å². The molecule has 0 aliphatic heterocycles. The molecule has 0 bridgehead atoms. The monoisotopic (exact) mass is 218 g/mol. The lowest BCUT2D eigenvalue weighted by Gasteiger charge is -1.98. The third-order valence-corrected chi connectivity index (χ3v) is 0.834. The van der Waals surface area contributed by atoms with Gasteiger partial charge in [-0.3, -0.25) is 3.07 Å². The van der Waals surface area contributed by atoms with Crippen LogP contribution in [-0.2, 0) is 3.07 Å². The van der Waals surface area contributed by atoms with Crippen molar-refractivity contribution in [1.82, 2.24) is 0 Å². The summed E-state index contributed by atoms with van der Waals surface area (Å²) in [6.07, 6.45) is -1.47. The van der Waals surface area contributed by atoms with Crippen LogP contribution in [0.15, 0.2) is 12.4 Å². The van der Waals surface area contributed by atoms with Crippen LogP contribution in [0.4, 0.5) is 4.39 Å². The molecule has 0 aromatic carbocycles. The summed E-state index contributed by atoms with van der Waals surface area (Å²) >= 11 is 1.38. The minimum Gasteiger partial charge on any atom is -0.362 e. The third kappa shape index (κ3) is 2.95. The van der Waals surface area contributed by atoms with E-state index in [9.17, 15) is 4.39 Å². The summed E-state index contributed by atoms with van der Waals surface area (Å²) in [6.45, 7) is 2.78. The summed E-state index contributed by atoms with van der Waals surface area (Å²) in [5, 5.41) is 8.23. The van der Waals surface area contributed by atoms with Gasteiger partial charge in [-0.1, -0.05) is 6.58 Å². The van der Waals surface area contributed by atoms with Crippen LogP contribution >= 0.6 is 23.0 Å². The Bertz CT molecular complexity index is 75.3.